The van der Waals surface area contributed by atoms with Gasteiger partial charge in [0.15, 0.2) is 17.3 Å². The Kier molecular flexibility index (Phi) is 3.96. The van der Waals surface area contributed by atoms with Gasteiger partial charge in [-0.25, -0.2) is 0 Å². The fourth-order valence-corrected chi connectivity index (χ4v) is 1.92. The van der Waals surface area contributed by atoms with Crippen LogP contribution in [0.5, 0.6) is 11.5 Å². The van der Waals surface area contributed by atoms with Crippen LogP contribution in [0.4, 0.5) is 0 Å². The molecule has 1 atom stereocenters. The van der Waals surface area contributed by atoms with E-state index in [4.69, 9.17) is 15.2 Å². The molecule has 0 spiro atoms. The summed E-state index contributed by atoms with van der Waals surface area (Å²) in [5.74, 6) is 1.89. The topological polar surface area (TPSA) is 88.1 Å². The third kappa shape index (κ3) is 2.82. The van der Waals surface area contributed by atoms with E-state index in [1.54, 1.807) is 21.3 Å². The average Bonchev–Trinajstić information content (AvgIpc) is 2.82. The second-order valence-corrected chi connectivity index (χ2v) is 4.09. The Labute approximate surface area is 111 Å². The molecule has 1 heterocycles. The van der Waals surface area contributed by atoms with Crippen molar-refractivity contribution in [1.29, 1.82) is 0 Å². The average molecular weight is 263 g/mol. The van der Waals surface area contributed by atoms with Crippen molar-refractivity contribution in [2.45, 2.75) is 12.5 Å². The van der Waals surface area contributed by atoms with Crippen molar-refractivity contribution < 1.29 is 9.47 Å². The van der Waals surface area contributed by atoms with E-state index >= 15 is 0 Å². The predicted octanol–water partition coefficient (Wildman–Crippen LogP) is 0.470. The molecule has 2 rings (SSSR count). The van der Waals surface area contributed by atoms with Gasteiger partial charge in [-0.2, -0.15) is 4.80 Å². The standard InChI is InChI=1S/C12H17N5O2/c1-17-15-11(14-16-17)7-9(13)8-5-4-6-10(18-2)12(8)19-3/h4-6,9H,7,13H2,1-3H3. The number of ether oxygens (including phenoxy) is 2. The van der Waals surface area contributed by atoms with E-state index in [2.05, 4.69) is 15.4 Å². The Balaban J connectivity index is 2.25. The van der Waals surface area contributed by atoms with E-state index < -0.39 is 0 Å². The lowest BCUT2D eigenvalue weighted by Crippen LogP contribution is -2.15. The number of tetrazole rings is 1. The molecule has 0 aliphatic rings. The zero-order valence-corrected chi connectivity index (χ0v) is 11.2. The highest BCUT2D eigenvalue weighted by Crippen LogP contribution is 2.34. The van der Waals surface area contributed by atoms with Gasteiger partial charge in [-0.3, -0.25) is 0 Å². The maximum Gasteiger partial charge on any atom is 0.176 e. The SMILES string of the molecule is COc1cccc(C(N)Cc2nnn(C)n2)c1OC. The van der Waals surface area contributed by atoms with E-state index in [-0.39, 0.29) is 6.04 Å². The number of aryl methyl sites for hydroxylation is 1. The number of benzene rings is 1. The Morgan fingerprint density at radius 2 is 2.11 bits per heavy atom. The normalized spacial score (nSPS) is 12.2. The number of hydrogen-bond donors (Lipinski definition) is 1. The first-order chi connectivity index (χ1) is 9.15. The first-order valence-corrected chi connectivity index (χ1v) is 5.85. The molecular formula is C12H17N5O2. The molecule has 1 unspecified atom stereocenters. The second-order valence-electron chi connectivity index (χ2n) is 4.09. The van der Waals surface area contributed by atoms with Crippen LogP contribution >= 0.6 is 0 Å². The van der Waals surface area contributed by atoms with Crippen LogP contribution in [0.1, 0.15) is 17.4 Å². The number of nitrogens with zero attached hydrogens (tertiary/aromatic N) is 4. The van der Waals surface area contributed by atoms with Crippen LogP contribution in [0.2, 0.25) is 0 Å². The van der Waals surface area contributed by atoms with Crippen molar-refractivity contribution in [3.63, 3.8) is 0 Å². The molecule has 1 aromatic carbocycles. The van der Waals surface area contributed by atoms with Gasteiger partial charge in [-0.05, 0) is 11.3 Å². The number of hydrogen-bond acceptors (Lipinski definition) is 6. The van der Waals surface area contributed by atoms with Crippen LogP contribution in [0, 0.1) is 0 Å². The maximum absolute atomic E-state index is 6.18. The van der Waals surface area contributed by atoms with E-state index in [9.17, 15) is 0 Å². The van der Waals surface area contributed by atoms with Gasteiger partial charge in [0.05, 0.1) is 21.3 Å². The minimum absolute atomic E-state index is 0.283. The monoisotopic (exact) mass is 263 g/mol. The molecule has 0 saturated heterocycles. The van der Waals surface area contributed by atoms with E-state index in [0.29, 0.717) is 23.7 Å². The third-order valence-corrected chi connectivity index (χ3v) is 2.79. The number of rotatable bonds is 5. The highest BCUT2D eigenvalue weighted by Gasteiger charge is 2.18. The van der Waals surface area contributed by atoms with Crippen molar-refractivity contribution in [3.8, 4) is 11.5 Å². The van der Waals surface area contributed by atoms with Crippen molar-refractivity contribution in [2.24, 2.45) is 12.8 Å². The second kappa shape index (κ2) is 5.66. The van der Waals surface area contributed by atoms with Gasteiger partial charge in [-0.1, -0.05) is 12.1 Å². The van der Waals surface area contributed by atoms with E-state index in [1.807, 2.05) is 18.2 Å². The van der Waals surface area contributed by atoms with Crippen LogP contribution in [-0.4, -0.2) is 34.4 Å². The molecule has 0 aliphatic heterocycles. The molecular weight excluding hydrogens is 246 g/mol. The van der Waals surface area contributed by atoms with E-state index in [1.165, 1.54) is 4.80 Å². The number of aromatic nitrogens is 4. The summed E-state index contributed by atoms with van der Waals surface area (Å²) in [4.78, 5) is 1.41. The van der Waals surface area contributed by atoms with E-state index in [0.717, 1.165) is 5.56 Å². The lowest BCUT2D eigenvalue weighted by Gasteiger charge is -2.16. The Morgan fingerprint density at radius 1 is 1.32 bits per heavy atom. The first-order valence-electron chi connectivity index (χ1n) is 5.85. The summed E-state index contributed by atoms with van der Waals surface area (Å²) in [5, 5.41) is 11.8. The molecule has 2 N–H and O–H groups in total. The van der Waals surface area contributed by atoms with Gasteiger partial charge >= 0.3 is 0 Å². The summed E-state index contributed by atoms with van der Waals surface area (Å²) in [5.41, 5.74) is 7.04. The minimum atomic E-state index is -0.283. The molecule has 0 fully saturated rings. The summed E-state index contributed by atoms with van der Waals surface area (Å²) in [6.45, 7) is 0. The van der Waals surface area contributed by atoms with Gasteiger partial charge < -0.3 is 15.2 Å². The zero-order valence-electron chi connectivity index (χ0n) is 11.2. The third-order valence-electron chi connectivity index (χ3n) is 2.79. The minimum Gasteiger partial charge on any atom is -0.493 e. The van der Waals surface area contributed by atoms with Crippen molar-refractivity contribution in [1.82, 2.24) is 20.2 Å². The summed E-state index contributed by atoms with van der Waals surface area (Å²) in [6.07, 6.45) is 0.483. The van der Waals surface area contributed by atoms with Gasteiger partial charge in [-0.15, -0.1) is 10.2 Å². The molecule has 0 bridgehead atoms. The fraction of sp³-hybridized carbons (Fsp3) is 0.417. The summed E-state index contributed by atoms with van der Waals surface area (Å²) < 4.78 is 10.6. The lowest BCUT2D eigenvalue weighted by molar-refractivity contribution is 0.349. The maximum atomic E-state index is 6.18. The Morgan fingerprint density at radius 3 is 2.68 bits per heavy atom. The predicted molar refractivity (Wildman–Crippen MR) is 69.0 cm³/mol. The highest BCUT2D eigenvalue weighted by molar-refractivity contribution is 5.48. The molecule has 102 valence electrons. The quantitative estimate of drug-likeness (QED) is 0.843. The Hall–Kier alpha value is -2.15. The van der Waals surface area contributed by atoms with Crippen molar-refractivity contribution in [3.05, 3.63) is 29.6 Å². The van der Waals surface area contributed by atoms with Crippen LogP contribution in [0.25, 0.3) is 0 Å². The zero-order chi connectivity index (χ0) is 13.8. The van der Waals surface area contributed by atoms with Crippen LogP contribution < -0.4 is 15.2 Å². The van der Waals surface area contributed by atoms with Gasteiger partial charge in [0.2, 0.25) is 0 Å². The number of para-hydroxylation sites is 1. The summed E-state index contributed by atoms with van der Waals surface area (Å²) >= 11 is 0. The van der Waals surface area contributed by atoms with Gasteiger partial charge in [0, 0.05) is 18.0 Å². The Bertz CT molecular complexity index is 555. The first kappa shape index (κ1) is 13.3. The smallest absolute Gasteiger partial charge is 0.176 e. The van der Waals surface area contributed by atoms with Crippen molar-refractivity contribution in [2.75, 3.05) is 14.2 Å². The lowest BCUT2D eigenvalue weighted by atomic mass is 10.0. The molecule has 7 heteroatoms. The molecule has 0 aliphatic carbocycles. The molecule has 7 nitrogen and oxygen atoms in total. The summed E-state index contributed by atoms with van der Waals surface area (Å²) in [6, 6.07) is 5.33. The van der Waals surface area contributed by atoms with Gasteiger partial charge in [0.25, 0.3) is 0 Å². The molecule has 1 aromatic heterocycles. The summed E-state index contributed by atoms with van der Waals surface area (Å²) in [7, 11) is 4.90. The molecule has 19 heavy (non-hydrogen) atoms. The van der Waals surface area contributed by atoms with Crippen LogP contribution in [0.3, 0.4) is 0 Å². The highest BCUT2D eigenvalue weighted by atomic mass is 16.5. The molecule has 0 radical (unpaired) electrons. The molecule has 0 saturated carbocycles. The largest absolute Gasteiger partial charge is 0.493 e. The number of nitrogens with two attached hydrogens (primary N) is 1. The molecule has 0 amide bonds. The fourth-order valence-electron chi connectivity index (χ4n) is 1.92. The van der Waals surface area contributed by atoms with Crippen molar-refractivity contribution >= 4 is 0 Å². The number of methoxy groups -OCH3 is 2. The van der Waals surface area contributed by atoms with Crippen LogP contribution in [0.15, 0.2) is 18.2 Å². The van der Waals surface area contributed by atoms with Crippen LogP contribution in [-0.2, 0) is 13.5 Å². The molecule has 2 aromatic rings. The van der Waals surface area contributed by atoms with Gasteiger partial charge in [0.1, 0.15) is 0 Å².